The number of methoxy groups -OCH3 is 3. The zero-order valence-corrected chi connectivity index (χ0v) is 18.6. The summed E-state index contributed by atoms with van der Waals surface area (Å²) >= 11 is 1.34. The van der Waals surface area contributed by atoms with Crippen LogP contribution < -0.4 is 9.64 Å². The maximum absolute atomic E-state index is 13.0. The van der Waals surface area contributed by atoms with E-state index in [1.807, 2.05) is 30.3 Å². The molecule has 0 spiro atoms. The highest BCUT2D eigenvalue weighted by Crippen LogP contribution is 2.50. The number of ether oxygens (including phenoxy) is 4. The highest BCUT2D eigenvalue weighted by Gasteiger charge is 2.65. The van der Waals surface area contributed by atoms with Gasteiger partial charge < -0.3 is 23.8 Å². The minimum absolute atomic E-state index is 0.538. The lowest BCUT2D eigenvalue weighted by Crippen LogP contribution is -2.49. The van der Waals surface area contributed by atoms with E-state index < -0.39 is 47.3 Å². The standard InChI is InChI=1S/C23H23NO7S/c1-28-14-11-9-13(10-12-14)24-18(21(26)29-2)16-17(19(24)22(27)30-3)23(31-20(16)25)32-15-7-5-4-6-8-15/h4-12,16-19,23H,1-3H3/t16-,17+,18-,19-,23+/m1/s1. The third-order valence-corrected chi connectivity index (χ3v) is 6.98. The van der Waals surface area contributed by atoms with Crippen LogP contribution in [0.2, 0.25) is 0 Å². The summed E-state index contributed by atoms with van der Waals surface area (Å²) in [5, 5.41) is 0. The van der Waals surface area contributed by atoms with E-state index in [4.69, 9.17) is 18.9 Å². The summed E-state index contributed by atoms with van der Waals surface area (Å²) in [6.07, 6.45) is 0. The van der Waals surface area contributed by atoms with Crippen LogP contribution >= 0.6 is 11.8 Å². The molecule has 0 bridgehead atoms. The summed E-state index contributed by atoms with van der Waals surface area (Å²) in [6.45, 7) is 0. The van der Waals surface area contributed by atoms with E-state index in [-0.39, 0.29) is 0 Å². The van der Waals surface area contributed by atoms with Gasteiger partial charge in [-0.3, -0.25) is 4.79 Å². The van der Waals surface area contributed by atoms with Gasteiger partial charge in [-0.15, -0.1) is 0 Å². The highest BCUT2D eigenvalue weighted by atomic mass is 32.2. The van der Waals surface area contributed by atoms with Gasteiger partial charge >= 0.3 is 17.9 Å². The zero-order valence-electron chi connectivity index (χ0n) is 17.8. The third kappa shape index (κ3) is 3.77. The van der Waals surface area contributed by atoms with Crippen molar-refractivity contribution in [2.24, 2.45) is 11.8 Å². The van der Waals surface area contributed by atoms with Crippen molar-refractivity contribution in [2.45, 2.75) is 22.4 Å². The number of benzene rings is 2. The number of hydrogen-bond acceptors (Lipinski definition) is 9. The van der Waals surface area contributed by atoms with Crippen molar-refractivity contribution >= 4 is 35.4 Å². The average molecular weight is 458 g/mol. The van der Waals surface area contributed by atoms with Crippen molar-refractivity contribution in [1.29, 1.82) is 0 Å². The number of cyclic esters (lactones) is 1. The van der Waals surface area contributed by atoms with Crippen LogP contribution in [0.25, 0.3) is 0 Å². The molecule has 2 saturated heterocycles. The molecule has 2 aliphatic heterocycles. The van der Waals surface area contributed by atoms with E-state index in [1.54, 1.807) is 36.3 Å². The molecule has 4 rings (SSSR count). The number of nitrogens with zero attached hydrogens (tertiary/aromatic N) is 1. The Morgan fingerprint density at radius 2 is 1.53 bits per heavy atom. The zero-order chi connectivity index (χ0) is 22.8. The van der Waals surface area contributed by atoms with Gasteiger partial charge in [-0.1, -0.05) is 30.0 Å². The van der Waals surface area contributed by atoms with Crippen LogP contribution in [-0.2, 0) is 28.6 Å². The maximum atomic E-state index is 13.0. The average Bonchev–Trinajstić information content (AvgIpc) is 3.34. The van der Waals surface area contributed by atoms with E-state index in [0.29, 0.717) is 11.4 Å². The van der Waals surface area contributed by atoms with Crippen LogP contribution in [-0.4, -0.2) is 56.8 Å². The molecule has 9 heteroatoms. The topological polar surface area (TPSA) is 91.4 Å². The molecule has 0 N–H and O–H groups in total. The quantitative estimate of drug-likeness (QED) is 0.479. The molecule has 8 nitrogen and oxygen atoms in total. The van der Waals surface area contributed by atoms with Crippen LogP contribution in [0.5, 0.6) is 5.75 Å². The molecule has 2 aromatic rings. The largest absolute Gasteiger partial charge is 0.497 e. The molecule has 168 valence electrons. The van der Waals surface area contributed by atoms with E-state index in [2.05, 4.69) is 0 Å². The monoisotopic (exact) mass is 457 g/mol. The summed E-state index contributed by atoms with van der Waals surface area (Å²) in [6, 6.07) is 14.4. The van der Waals surface area contributed by atoms with Crippen molar-refractivity contribution in [1.82, 2.24) is 0 Å². The molecular weight excluding hydrogens is 434 g/mol. The van der Waals surface area contributed by atoms with Gasteiger partial charge in [0.25, 0.3) is 0 Å². The lowest BCUT2D eigenvalue weighted by Gasteiger charge is -2.32. The van der Waals surface area contributed by atoms with Gasteiger partial charge in [0, 0.05) is 10.6 Å². The molecule has 2 aromatic carbocycles. The van der Waals surface area contributed by atoms with Crippen LogP contribution in [0.1, 0.15) is 0 Å². The second kappa shape index (κ2) is 9.12. The van der Waals surface area contributed by atoms with Crippen molar-refractivity contribution in [3.8, 4) is 5.75 Å². The fraction of sp³-hybridized carbons (Fsp3) is 0.348. The van der Waals surface area contributed by atoms with Crippen LogP contribution in [0, 0.1) is 11.8 Å². The Morgan fingerprint density at radius 3 is 2.12 bits per heavy atom. The van der Waals surface area contributed by atoms with Gasteiger partial charge in [0.1, 0.15) is 17.8 Å². The minimum Gasteiger partial charge on any atom is -0.497 e. The number of thioether (sulfide) groups is 1. The van der Waals surface area contributed by atoms with E-state index in [9.17, 15) is 14.4 Å². The van der Waals surface area contributed by atoms with Gasteiger partial charge in [-0.2, -0.15) is 0 Å². The number of carbonyl (C=O) groups excluding carboxylic acids is 3. The molecule has 0 aromatic heterocycles. The Labute approximate surface area is 189 Å². The number of hydrogen-bond donors (Lipinski definition) is 0. The van der Waals surface area contributed by atoms with Crippen LogP contribution in [0.3, 0.4) is 0 Å². The molecule has 0 saturated carbocycles. The highest BCUT2D eigenvalue weighted by molar-refractivity contribution is 7.99. The summed E-state index contributed by atoms with van der Waals surface area (Å²) in [5.41, 5.74) is -0.100. The molecule has 0 radical (unpaired) electrons. The summed E-state index contributed by atoms with van der Waals surface area (Å²) in [5.74, 6) is -2.59. The molecule has 0 aliphatic carbocycles. The van der Waals surface area contributed by atoms with E-state index in [0.717, 1.165) is 4.90 Å². The first-order valence-electron chi connectivity index (χ1n) is 10.0. The Balaban J connectivity index is 1.80. The summed E-state index contributed by atoms with van der Waals surface area (Å²) in [7, 11) is 4.09. The number of fused-ring (bicyclic) bond motifs is 1. The lowest BCUT2D eigenvalue weighted by atomic mass is 9.89. The lowest BCUT2D eigenvalue weighted by molar-refractivity contribution is -0.150. The predicted molar refractivity (Wildman–Crippen MR) is 116 cm³/mol. The fourth-order valence-corrected chi connectivity index (χ4v) is 5.60. The second-order valence-corrected chi connectivity index (χ2v) is 8.55. The van der Waals surface area contributed by atoms with Gasteiger partial charge in [0.15, 0.2) is 5.44 Å². The molecule has 0 unspecified atom stereocenters. The van der Waals surface area contributed by atoms with Gasteiger partial charge in [0.05, 0.1) is 33.2 Å². The van der Waals surface area contributed by atoms with E-state index in [1.165, 1.54) is 26.0 Å². The first-order chi connectivity index (χ1) is 15.5. The number of carbonyl (C=O) groups is 3. The summed E-state index contributed by atoms with van der Waals surface area (Å²) in [4.78, 5) is 41.4. The molecule has 2 heterocycles. The Hall–Kier alpha value is -3.20. The van der Waals surface area contributed by atoms with Crippen molar-refractivity contribution in [3.63, 3.8) is 0 Å². The van der Waals surface area contributed by atoms with Gasteiger partial charge in [-0.25, -0.2) is 9.59 Å². The first kappa shape index (κ1) is 22.0. The minimum atomic E-state index is -1.03. The Bertz CT molecular complexity index is 997. The van der Waals surface area contributed by atoms with Gasteiger partial charge in [-0.05, 0) is 36.4 Å². The second-order valence-electron chi connectivity index (χ2n) is 7.38. The van der Waals surface area contributed by atoms with Crippen molar-refractivity contribution in [2.75, 3.05) is 26.2 Å². The van der Waals surface area contributed by atoms with Crippen LogP contribution in [0.4, 0.5) is 5.69 Å². The number of rotatable bonds is 6. The Morgan fingerprint density at radius 1 is 0.906 bits per heavy atom. The third-order valence-electron chi connectivity index (χ3n) is 5.79. The Kier molecular flexibility index (Phi) is 6.27. The van der Waals surface area contributed by atoms with Crippen molar-refractivity contribution < 1.29 is 33.3 Å². The van der Waals surface area contributed by atoms with Crippen LogP contribution in [0.15, 0.2) is 59.5 Å². The molecule has 2 fully saturated rings. The SMILES string of the molecule is COC(=O)[C@H]1[C@@H]2C(=O)O[C@@H](Sc3ccccc3)[C@@H]2[C@H](C(=O)OC)N1c1ccc(OC)cc1. The maximum Gasteiger partial charge on any atom is 0.329 e. The smallest absolute Gasteiger partial charge is 0.329 e. The predicted octanol–water partition coefficient (Wildman–Crippen LogP) is 2.51. The number of anilines is 1. The summed E-state index contributed by atoms with van der Waals surface area (Å²) < 4.78 is 21.0. The number of esters is 3. The van der Waals surface area contributed by atoms with Crippen molar-refractivity contribution in [3.05, 3.63) is 54.6 Å². The first-order valence-corrected chi connectivity index (χ1v) is 10.9. The van der Waals surface area contributed by atoms with E-state index >= 15 is 0 Å². The fourth-order valence-electron chi connectivity index (χ4n) is 4.40. The molecule has 5 atom stereocenters. The molecule has 2 aliphatic rings. The molecule has 32 heavy (non-hydrogen) atoms. The molecular formula is C23H23NO7S. The van der Waals surface area contributed by atoms with Gasteiger partial charge in [0.2, 0.25) is 0 Å². The molecule has 0 amide bonds. The normalized spacial score (nSPS) is 26.3.